The molecule has 3 aliphatic rings. The van der Waals surface area contributed by atoms with Crippen molar-refractivity contribution >= 4 is 0 Å². The molecule has 1 saturated heterocycles. The largest absolute Gasteiger partial charge is 0.303 e. The fourth-order valence-electron chi connectivity index (χ4n) is 5.06. The summed E-state index contributed by atoms with van der Waals surface area (Å²) in [4.78, 5) is 5.60. The number of hydrogen-bond donors (Lipinski definition) is 0. The van der Waals surface area contributed by atoms with Gasteiger partial charge in [-0.1, -0.05) is 20.8 Å². The van der Waals surface area contributed by atoms with Gasteiger partial charge in [0, 0.05) is 18.6 Å². The molecule has 0 amide bonds. The molecular weight excluding hydrogens is 268 g/mol. The van der Waals surface area contributed by atoms with Crippen molar-refractivity contribution in [2.45, 2.75) is 84.2 Å². The minimum absolute atomic E-state index is 0.894. The van der Waals surface area contributed by atoms with Gasteiger partial charge in [0.2, 0.25) is 0 Å². The van der Waals surface area contributed by atoms with Crippen molar-refractivity contribution in [3.63, 3.8) is 0 Å². The van der Waals surface area contributed by atoms with Gasteiger partial charge in [-0.3, -0.25) is 4.90 Å². The predicted octanol–water partition coefficient (Wildman–Crippen LogP) is 4.40. The van der Waals surface area contributed by atoms with Crippen LogP contribution >= 0.6 is 0 Å². The summed E-state index contributed by atoms with van der Waals surface area (Å²) in [5, 5.41) is 0. The van der Waals surface area contributed by atoms with Gasteiger partial charge < -0.3 is 4.90 Å². The highest BCUT2D eigenvalue weighted by atomic mass is 15.2. The van der Waals surface area contributed by atoms with E-state index in [4.69, 9.17) is 0 Å². The van der Waals surface area contributed by atoms with Crippen LogP contribution in [0.15, 0.2) is 0 Å². The fraction of sp³-hybridized carbons (Fsp3) is 1.00. The monoisotopic (exact) mass is 306 g/mol. The minimum atomic E-state index is 0.894. The topological polar surface area (TPSA) is 6.48 Å². The number of nitrogens with zero attached hydrogens (tertiary/aromatic N) is 2. The maximum Gasteiger partial charge on any atom is 0.0122 e. The lowest BCUT2D eigenvalue weighted by Gasteiger charge is -2.40. The second-order valence-electron chi connectivity index (χ2n) is 8.62. The van der Waals surface area contributed by atoms with Crippen molar-refractivity contribution in [3.05, 3.63) is 0 Å². The van der Waals surface area contributed by atoms with Crippen molar-refractivity contribution in [1.29, 1.82) is 0 Å². The Labute approximate surface area is 138 Å². The van der Waals surface area contributed by atoms with E-state index in [2.05, 4.69) is 30.6 Å². The van der Waals surface area contributed by atoms with E-state index in [0.29, 0.717) is 0 Å². The van der Waals surface area contributed by atoms with Crippen LogP contribution in [0.4, 0.5) is 0 Å². The molecule has 0 N–H and O–H groups in total. The molecule has 1 heterocycles. The van der Waals surface area contributed by atoms with E-state index < -0.39 is 0 Å². The molecule has 0 spiro atoms. The summed E-state index contributed by atoms with van der Waals surface area (Å²) in [7, 11) is 0. The van der Waals surface area contributed by atoms with Crippen LogP contribution < -0.4 is 0 Å². The molecule has 0 aromatic heterocycles. The fourth-order valence-corrected chi connectivity index (χ4v) is 5.06. The van der Waals surface area contributed by atoms with Gasteiger partial charge in [-0.15, -0.1) is 0 Å². The highest BCUT2D eigenvalue weighted by molar-refractivity contribution is 4.90. The molecule has 0 bridgehead atoms. The number of piperidine rings is 1. The van der Waals surface area contributed by atoms with Gasteiger partial charge in [0.1, 0.15) is 0 Å². The Hall–Kier alpha value is -0.0800. The van der Waals surface area contributed by atoms with Crippen LogP contribution in [0.1, 0.15) is 72.1 Å². The van der Waals surface area contributed by atoms with E-state index in [0.717, 1.165) is 29.8 Å². The van der Waals surface area contributed by atoms with Gasteiger partial charge in [0.15, 0.2) is 0 Å². The third-order valence-electron chi connectivity index (χ3n) is 6.76. The van der Waals surface area contributed by atoms with Gasteiger partial charge in [0.05, 0.1) is 0 Å². The second kappa shape index (κ2) is 7.66. The Kier molecular flexibility index (Phi) is 5.84. The Morgan fingerprint density at radius 3 is 1.95 bits per heavy atom. The summed E-state index contributed by atoms with van der Waals surface area (Å²) in [6, 6.07) is 1.85. The first-order valence-electron chi connectivity index (χ1n) is 10.2. The van der Waals surface area contributed by atoms with Crippen molar-refractivity contribution in [3.8, 4) is 0 Å². The van der Waals surface area contributed by atoms with E-state index in [9.17, 15) is 0 Å². The van der Waals surface area contributed by atoms with Crippen LogP contribution in [0.3, 0.4) is 0 Å². The first-order chi connectivity index (χ1) is 10.7. The first kappa shape index (κ1) is 16.8. The first-order valence-corrected chi connectivity index (χ1v) is 10.2. The van der Waals surface area contributed by atoms with E-state index in [-0.39, 0.29) is 0 Å². The van der Waals surface area contributed by atoms with Gasteiger partial charge >= 0.3 is 0 Å². The molecule has 0 radical (unpaired) electrons. The molecule has 128 valence electrons. The molecule has 3 rings (SSSR count). The Balaban J connectivity index is 1.37. The molecule has 0 unspecified atom stereocenters. The maximum atomic E-state index is 2.81. The quantitative estimate of drug-likeness (QED) is 0.718. The van der Waals surface area contributed by atoms with Crippen LogP contribution in [0.2, 0.25) is 0 Å². The second-order valence-corrected chi connectivity index (χ2v) is 8.62. The smallest absolute Gasteiger partial charge is 0.0122 e. The average molecular weight is 307 g/mol. The summed E-state index contributed by atoms with van der Waals surface area (Å²) >= 11 is 0. The van der Waals surface area contributed by atoms with Crippen molar-refractivity contribution in [1.82, 2.24) is 9.80 Å². The molecule has 2 saturated carbocycles. The van der Waals surface area contributed by atoms with Crippen LogP contribution in [0.25, 0.3) is 0 Å². The zero-order valence-corrected chi connectivity index (χ0v) is 15.3. The van der Waals surface area contributed by atoms with Crippen molar-refractivity contribution < 1.29 is 0 Å². The van der Waals surface area contributed by atoms with Gasteiger partial charge in [-0.05, 0) is 88.8 Å². The summed E-state index contributed by atoms with van der Waals surface area (Å²) in [5.74, 6) is 2.91. The summed E-state index contributed by atoms with van der Waals surface area (Å²) in [5.41, 5.74) is 0. The molecule has 2 heteroatoms. The summed E-state index contributed by atoms with van der Waals surface area (Å²) in [6.45, 7) is 12.6. The number of likely N-dealkylation sites (tertiary alicyclic amines) is 1. The third kappa shape index (κ3) is 4.26. The Morgan fingerprint density at radius 1 is 0.864 bits per heavy atom. The lowest BCUT2D eigenvalue weighted by molar-refractivity contribution is 0.0870. The SMILES string of the molecule is CCN(C1CC1)C1CCN(CC2CCC(C(C)C)CC2)CC1. The molecule has 2 nitrogen and oxygen atoms in total. The van der Waals surface area contributed by atoms with E-state index in [1.165, 1.54) is 77.5 Å². The van der Waals surface area contributed by atoms with Crippen LogP contribution in [-0.2, 0) is 0 Å². The third-order valence-corrected chi connectivity index (χ3v) is 6.76. The van der Waals surface area contributed by atoms with Crippen molar-refractivity contribution in [2.75, 3.05) is 26.2 Å². The minimum Gasteiger partial charge on any atom is -0.303 e. The average Bonchev–Trinajstić information content (AvgIpc) is 3.35. The van der Waals surface area contributed by atoms with Gasteiger partial charge in [-0.2, -0.15) is 0 Å². The predicted molar refractivity (Wildman–Crippen MR) is 95.2 cm³/mol. The number of rotatable bonds is 6. The molecule has 2 aliphatic carbocycles. The lowest BCUT2D eigenvalue weighted by atomic mass is 9.77. The normalized spacial score (nSPS) is 32.0. The van der Waals surface area contributed by atoms with E-state index >= 15 is 0 Å². The number of hydrogen-bond acceptors (Lipinski definition) is 2. The summed E-state index contributed by atoms with van der Waals surface area (Å²) < 4.78 is 0. The van der Waals surface area contributed by atoms with Crippen LogP contribution in [0.5, 0.6) is 0 Å². The zero-order chi connectivity index (χ0) is 15.5. The molecular formula is C20H38N2. The summed E-state index contributed by atoms with van der Waals surface area (Å²) in [6.07, 6.45) is 11.7. The highest BCUT2D eigenvalue weighted by Gasteiger charge is 2.34. The molecule has 22 heavy (non-hydrogen) atoms. The standard InChI is InChI=1S/C20H38N2/c1-4-22(19-9-10-19)20-11-13-21(14-12-20)15-17-5-7-18(8-6-17)16(2)3/h16-20H,4-15H2,1-3H3. The molecule has 1 aliphatic heterocycles. The maximum absolute atomic E-state index is 2.81. The van der Waals surface area contributed by atoms with Crippen LogP contribution in [0, 0.1) is 17.8 Å². The van der Waals surface area contributed by atoms with E-state index in [1.807, 2.05) is 0 Å². The molecule has 3 fully saturated rings. The zero-order valence-electron chi connectivity index (χ0n) is 15.3. The highest BCUT2D eigenvalue weighted by Crippen LogP contribution is 2.35. The molecule has 0 aromatic rings. The molecule has 0 aromatic carbocycles. The Morgan fingerprint density at radius 2 is 1.45 bits per heavy atom. The van der Waals surface area contributed by atoms with Crippen LogP contribution in [-0.4, -0.2) is 48.1 Å². The molecule has 0 atom stereocenters. The Bertz CT molecular complexity index is 321. The van der Waals surface area contributed by atoms with Gasteiger partial charge in [0.25, 0.3) is 0 Å². The van der Waals surface area contributed by atoms with Crippen molar-refractivity contribution in [2.24, 2.45) is 17.8 Å². The lowest BCUT2D eigenvalue weighted by Crippen LogP contribution is -2.47. The van der Waals surface area contributed by atoms with Gasteiger partial charge in [-0.25, -0.2) is 0 Å². The van der Waals surface area contributed by atoms with E-state index in [1.54, 1.807) is 0 Å².